The number of nitrogens with zero attached hydrogens (tertiary/aromatic N) is 7. The van der Waals surface area contributed by atoms with Crippen molar-refractivity contribution in [2.45, 2.75) is 117 Å². The van der Waals surface area contributed by atoms with Crippen molar-refractivity contribution in [1.29, 1.82) is 0 Å². The molecule has 1 saturated carbocycles. The Labute approximate surface area is 290 Å². The summed E-state index contributed by atoms with van der Waals surface area (Å²) in [6.45, 7) is 20.6. The molecule has 2 aliphatic rings. The molecule has 2 fully saturated rings. The van der Waals surface area contributed by atoms with Crippen LogP contribution in [0.4, 0.5) is 16.3 Å². The van der Waals surface area contributed by atoms with Crippen molar-refractivity contribution in [2.75, 3.05) is 23.3 Å². The van der Waals surface area contributed by atoms with Crippen molar-refractivity contribution < 1.29 is 18.8 Å². The van der Waals surface area contributed by atoms with Crippen LogP contribution in [0.1, 0.15) is 89.0 Å². The molecule has 1 aliphatic heterocycles. The minimum absolute atomic E-state index is 0.0492. The molecule has 3 aromatic heterocycles. The van der Waals surface area contributed by atoms with Crippen LogP contribution in [0.3, 0.4) is 0 Å². The summed E-state index contributed by atoms with van der Waals surface area (Å²) in [4.78, 5) is 40.8. The number of hydrogen-bond acceptors (Lipinski definition) is 8. The van der Waals surface area contributed by atoms with Crippen LogP contribution in [0.5, 0.6) is 0 Å². The first kappa shape index (κ1) is 34.9. The number of anilines is 2. The van der Waals surface area contributed by atoms with Gasteiger partial charge in [-0.25, -0.2) is 14.8 Å². The maximum atomic E-state index is 13.9. The number of fused-ring (bicyclic) bond motifs is 2. The van der Waals surface area contributed by atoms with E-state index in [9.17, 15) is 9.59 Å². The molecule has 1 aromatic carbocycles. The first-order valence-corrected chi connectivity index (χ1v) is 20.3. The third-order valence-electron chi connectivity index (χ3n) is 10.0. The van der Waals surface area contributed by atoms with E-state index in [4.69, 9.17) is 19.2 Å². The summed E-state index contributed by atoms with van der Waals surface area (Å²) in [5, 5.41) is 8.72. The van der Waals surface area contributed by atoms with Gasteiger partial charge in [-0.15, -0.1) is 0 Å². The molecule has 0 bridgehead atoms. The Morgan fingerprint density at radius 3 is 2.29 bits per heavy atom. The number of aryl methyl sites for hydroxylation is 2. The van der Waals surface area contributed by atoms with Crippen molar-refractivity contribution in [1.82, 2.24) is 29.0 Å². The van der Waals surface area contributed by atoms with E-state index in [0.29, 0.717) is 29.2 Å². The topological polar surface area (TPSA) is 119 Å². The van der Waals surface area contributed by atoms with E-state index in [1.165, 1.54) is 0 Å². The molecular formula is C36H52N8O4Si. The van der Waals surface area contributed by atoms with Gasteiger partial charge in [-0.2, -0.15) is 5.10 Å². The molecule has 0 radical (unpaired) electrons. The zero-order chi connectivity index (χ0) is 35.5. The maximum absolute atomic E-state index is 13.9. The quantitative estimate of drug-likeness (QED) is 0.195. The van der Waals surface area contributed by atoms with Crippen LogP contribution >= 0.6 is 0 Å². The number of imidazole rings is 1. The van der Waals surface area contributed by atoms with Gasteiger partial charge in [0.25, 0.3) is 5.91 Å². The molecule has 49 heavy (non-hydrogen) atoms. The van der Waals surface area contributed by atoms with Crippen molar-refractivity contribution in [2.24, 2.45) is 7.05 Å². The molecule has 0 unspecified atom stereocenters. The van der Waals surface area contributed by atoms with E-state index in [-0.39, 0.29) is 29.1 Å². The lowest BCUT2D eigenvalue weighted by Crippen LogP contribution is -2.50. The number of ether oxygens (including phenoxy) is 1. The Morgan fingerprint density at radius 1 is 0.980 bits per heavy atom. The van der Waals surface area contributed by atoms with Crippen molar-refractivity contribution in [3.8, 4) is 0 Å². The maximum Gasteiger partial charge on any atom is 0.410 e. The number of amides is 2. The number of benzene rings is 1. The fourth-order valence-corrected chi connectivity index (χ4v) is 7.23. The number of carbonyl (C=O) groups is 2. The summed E-state index contributed by atoms with van der Waals surface area (Å²) in [5.74, 6) is 0.135. The van der Waals surface area contributed by atoms with E-state index >= 15 is 0 Å². The molecule has 1 aliphatic carbocycles. The fourth-order valence-electron chi connectivity index (χ4n) is 6.30. The zero-order valence-corrected chi connectivity index (χ0v) is 31.8. The molecule has 6 rings (SSSR count). The van der Waals surface area contributed by atoms with Crippen LogP contribution in [0, 0.1) is 6.92 Å². The molecule has 13 heteroatoms. The lowest BCUT2D eigenvalue weighted by molar-refractivity contribution is 0.0114. The Bertz CT molecular complexity index is 1870. The number of rotatable bonds is 8. The molecule has 0 spiro atoms. The standard InChI is InChI=1S/C36H52N8O4Si/c1-23-19-43-21-30(38-28(32(43)37-23)22-47-49(9,10)36(5,6)7)39-33(45)26-13-14-29(27-20-41(8)40-31(26)27)42-17-15-25(16-18-42)44(24-11-12-24)34(46)48-35(2,3)4/h13-14,19-21,24-25H,11-12,15-18,22H2,1-10H3,(H,39,45). The van der Waals surface area contributed by atoms with Gasteiger partial charge in [-0.05, 0) is 83.6 Å². The second kappa shape index (κ2) is 12.7. The van der Waals surface area contributed by atoms with Gasteiger partial charge < -0.3 is 28.7 Å². The number of carbonyl (C=O) groups excluding carboxylic acids is 2. The van der Waals surface area contributed by atoms with Crippen LogP contribution in [-0.4, -0.2) is 80.1 Å². The molecule has 2 amide bonds. The number of hydrogen-bond donors (Lipinski definition) is 1. The SMILES string of the molecule is Cc1cn2cc(NC(=O)c3ccc(N4CCC(N(C(=O)OC(C)(C)C)C5CC5)CC4)c4cn(C)nc34)nc(CO[Si](C)(C)C(C)(C)C)c2n1. The Kier molecular flexibility index (Phi) is 9.06. The van der Waals surface area contributed by atoms with Gasteiger partial charge in [0.2, 0.25) is 0 Å². The smallest absolute Gasteiger partial charge is 0.410 e. The second-order valence-corrected chi connectivity index (χ2v) is 21.0. The second-order valence-electron chi connectivity index (χ2n) is 16.2. The molecule has 0 atom stereocenters. The third-order valence-corrected chi connectivity index (χ3v) is 14.5. The van der Waals surface area contributed by atoms with Crippen LogP contribution < -0.4 is 10.2 Å². The monoisotopic (exact) mass is 688 g/mol. The summed E-state index contributed by atoms with van der Waals surface area (Å²) in [5.41, 5.74) is 3.89. The lowest BCUT2D eigenvalue weighted by atomic mass is 10.0. The lowest BCUT2D eigenvalue weighted by Gasteiger charge is -2.40. The summed E-state index contributed by atoms with van der Waals surface area (Å²) in [6, 6.07) is 4.29. The molecule has 1 saturated heterocycles. The molecule has 12 nitrogen and oxygen atoms in total. The number of piperidine rings is 1. The van der Waals surface area contributed by atoms with Crippen molar-refractivity contribution >= 4 is 48.4 Å². The number of aromatic nitrogens is 5. The van der Waals surface area contributed by atoms with Gasteiger partial charge in [-0.3, -0.25) is 9.48 Å². The van der Waals surface area contributed by atoms with E-state index in [0.717, 1.165) is 61.2 Å². The molecular weight excluding hydrogens is 637 g/mol. The highest BCUT2D eigenvalue weighted by molar-refractivity contribution is 6.74. The van der Waals surface area contributed by atoms with Crippen LogP contribution in [-0.2, 0) is 22.8 Å². The fraction of sp³-hybridized carbons (Fsp3) is 0.583. The zero-order valence-electron chi connectivity index (χ0n) is 30.8. The van der Waals surface area contributed by atoms with Gasteiger partial charge >= 0.3 is 6.09 Å². The Hall–Kier alpha value is -3.97. The highest BCUT2D eigenvalue weighted by atomic mass is 28.4. The van der Waals surface area contributed by atoms with Crippen LogP contribution in [0.15, 0.2) is 30.7 Å². The summed E-state index contributed by atoms with van der Waals surface area (Å²) in [7, 11) is -0.174. The van der Waals surface area contributed by atoms with Crippen molar-refractivity contribution in [3.05, 3.63) is 47.7 Å². The summed E-state index contributed by atoms with van der Waals surface area (Å²) < 4.78 is 15.9. The van der Waals surface area contributed by atoms with Crippen LogP contribution in [0.2, 0.25) is 18.1 Å². The summed E-state index contributed by atoms with van der Waals surface area (Å²) in [6.07, 6.45) is 9.26. The van der Waals surface area contributed by atoms with E-state index in [2.05, 4.69) is 49.1 Å². The Morgan fingerprint density at radius 2 is 1.65 bits per heavy atom. The first-order chi connectivity index (χ1) is 22.9. The molecule has 4 aromatic rings. The highest BCUT2D eigenvalue weighted by Crippen LogP contribution is 2.38. The minimum atomic E-state index is -2.05. The molecule has 4 heterocycles. The van der Waals surface area contributed by atoms with Crippen LogP contribution in [0.25, 0.3) is 16.6 Å². The minimum Gasteiger partial charge on any atom is -0.444 e. The van der Waals surface area contributed by atoms with E-state index in [1.807, 2.05) is 68.6 Å². The Balaban J connectivity index is 1.21. The van der Waals surface area contributed by atoms with Gasteiger partial charge in [-0.1, -0.05) is 20.8 Å². The molecule has 1 N–H and O–H groups in total. The van der Waals surface area contributed by atoms with Crippen molar-refractivity contribution in [3.63, 3.8) is 0 Å². The average molecular weight is 689 g/mol. The van der Waals surface area contributed by atoms with Gasteiger partial charge in [0.15, 0.2) is 14.0 Å². The third kappa shape index (κ3) is 7.47. The number of nitrogens with one attached hydrogen (secondary N) is 1. The molecule has 264 valence electrons. The normalized spacial score (nSPS) is 16.4. The summed E-state index contributed by atoms with van der Waals surface area (Å²) >= 11 is 0. The van der Waals surface area contributed by atoms with Gasteiger partial charge in [0.1, 0.15) is 22.6 Å². The highest BCUT2D eigenvalue weighted by Gasteiger charge is 2.41. The van der Waals surface area contributed by atoms with Gasteiger partial charge in [0.05, 0.1) is 24.1 Å². The predicted molar refractivity (Wildman–Crippen MR) is 195 cm³/mol. The first-order valence-electron chi connectivity index (χ1n) is 17.4. The average Bonchev–Trinajstić information content (AvgIpc) is 3.62. The van der Waals surface area contributed by atoms with E-state index < -0.39 is 13.9 Å². The largest absolute Gasteiger partial charge is 0.444 e. The van der Waals surface area contributed by atoms with Gasteiger partial charge in [0, 0.05) is 55.7 Å². The van der Waals surface area contributed by atoms with E-state index in [1.54, 1.807) is 10.9 Å². The predicted octanol–water partition coefficient (Wildman–Crippen LogP) is 7.07.